The average Bonchev–Trinajstić information content (AvgIpc) is 2.76. The van der Waals surface area contributed by atoms with Crippen molar-refractivity contribution in [1.29, 1.82) is 0 Å². The summed E-state index contributed by atoms with van der Waals surface area (Å²) in [5.74, 6) is 0.909. The van der Waals surface area contributed by atoms with Gasteiger partial charge in [0, 0.05) is 31.4 Å². The van der Waals surface area contributed by atoms with Crippen LogP contribution in [0.2, 0.25) is 0 Å². The highest BCUT2D eigenvalue weighted by Gasteiger charge is 2.19. The third-order valence-electron chi connectivity index (χ3n) is 5.31. The summed E-state index contributed by atoms with van der Waals surface area (Å²) in [6.07, 6.45) is 2.36. The highest BCUT2D eigenvalue weighted by atomic mass is 16.5. The molecule has 3 heteroatoms. The monoisotopic (exact) mass is 372 g/mol. The summed E-state index contributed by atoms with van der Waals surface area (Å²) in [4.78, 5) is 2.55. The molecule has 1 aliphatic rings. The van der Waals surface area contributed by atoms with Gasteiger partial charge in [0.15, 0.2) is 0 Å². The Balaban J connectivity index is 1.22. The van der Waals surface area contributed by atoms with Crippen LogP contribution >= 0.6 is 0 Å². The van der Waals surface area contributed by atoms with Gasteiger partial charge in [-0.15, -0.1) is 0 Å². The number of ether oxygens (including phenoxy) is 1. The van der Waals surface area contributed by atoms with Crippen molar-refractivity contribution in [2.45, 2.75) is 32.0 Å². The fraction of sp³-hybridized carbons (Fsp3) is 0.280. The lowest BCUT2D eigenvalue weighted by Gasteiger charge is -2.33. The molecule has 0 unspecified atom stereocenters. The van der Waals surface area contributed by atoms with Crippen LogP contribution in [0, 0.1) is 0 Å². The first-order chi connectivity index (χ1) is 13.8. The van der Waals surface area contributed by atoms with Gasteiger partial charge >= 0.3 is 0 Å². The summed E-state index contributed by atoms with van der Waals surface area (Å²) in [5, 5.41) is 3.68. The molecule has 1 heterocycles. The Morgan fingerprint density at radius 3 is 2.00 bits per heavy atom. The second kappa shape index (κ2) is 9.43. The molecule has 1 saturated heterocycles. The lowest BCUT2D eigenvalue weighted by Crippen LogP contribution is -2.38. The van der Waals surface area contributed by atoms with E-state index in [1.807, 2.05) is 18.2 Å². The highest BCUT2D eigenvalue weighted by molar-refractivity contribution is 5.47. The number of piperidine rings is 1. The molecule has 0 radical (unpaired) electrons. The number of hydrogen-bond donors (Lipinski definition) is 1. The van der Waals surface area contributed by atoms with E-state index in [0.717, 1.165) is 25.4 Å². The molecule has 4 rings (SSSR count). The maximum atomic E-state index is 5.87. The van der Waals surface area contributed by atoms with Crippen LogP contribution in [0.3, 0.4) is 0 Å². The van der Waals surface area contributed by atoms with E-state index in [-0.39, 0.29) is 0 Å². The molecule has 0 atom stereocenters. The molecule has 1 N–H and O–H groups in total. The molecule has 0 bridgehead atoms. The second-order valence-electron chi connectivity index (χ2n) is 7.48. The summed E-state index contributed by atoms with van der Waals surface area (Å²) in [7, 11) is 0. The molecule has 3 nitrogen and oxygen atoms in total. The quantitative estimate of drug-likeness (QED) is 0.606. The maximum absolute atomic E-state index is 5.87. The van der Waals surface area contributed by atoms with Gasteiger partial charge < -0.3 is 10.1 Å². The molecular weight excluding hydrogens is 344 g/mol. The zero-order chi connectivity index (χ0) is 19.0. The molecule has 0 aromatic heterocycles. The van der Waals surface area contributed by atoms with Crippen molar-refractivity contribution >= 4 is 5.69 Å². The molecule has 144 valence electrons. The molecular formula is C25H28N2O. The molecule has 3 aromatic carbocycles. The smallest absolute Gasteiger partial charge is 0.119 e. The Morgan fingerprint density at radius 1 is 0.750 bits per heavy atom. The first-order valence-corrected chi connectivity index (χ1v) is 10.1. The van der Waals surface area contributed by atoms with Gasteiger partial charge in [-0.1, -0.05) is 60.7 Å². The van der Waals surface area contributed by atoms with Crippen molar-refractivity contribution in [2.75, 3.05) is 18.4 Å². The van der Waals surface area contributed by atoms with Crippen molar-refractivity contribution in [2.24, 2.45) is 0 Å². The molecule has 0 saturated carbocycles. The van der Waals surface area contributed by atoms with Crippen LogP contribution in [0.25, 0.3) is 0 Å². The van der Waals surface area contributed by atoms with Crippen molar-refractivity contribution in [3.8, 4) is 5.75 Å². The first-order valence-electron chi connectivity index (χ1n) is 10.1. The summed E-state index contributed by atoms with van der Waals surface area (Å²) in [5.41, 5.74) is 3.76. The Labute approximate surface area is 168 Å². The number of likely N-dealkylation sites (tertiary alicyclic amines) is 1. The molecule has 1 fully saturated rings. The van der Waals surface area contributed by atoms with Crippen LogP contribution in [0.4, 0.5) is 5.69 Å². The van der Waals surface area contributed by atoms with Crippen LogP contribution in [0.5, 0.6) is 5.75 Å². The van der Waals surface area contributed by atoms with Gasteiger partial charge in [0.25, 0.3) is 0 Å². The number of benzene rings is 3. The van der Waals surface area contributed by atoms with E-state index in [9.17, 15) is 0 Å². The van der Waals surface area contributed by atoms with Gasteiger partial charge in [0.2, 0.25) is 0 Å². The average molecular weight is 373 g/mol. The van der Waals surface area contributed by atoms with E-state index in [4.69, 9.17) is 4.74 Å². The van der Waals surface area contributed by atoms with Gasteiger partial charge in [-0.3, -0.25) is 4.90 Å². The number of anilines is 1. The van der Waals surface area contributed by atoms with Gasteiger partial charge in [0.05, 0.1) is 0 Å². The van der Waals surface area contributed by atoms with E-state index in [1.54, 1.807) is 0 Å². The fourth-order valence-electron chi connectivity index (χ4n) is 3.70. The lowest BCUT2D eigenvalue weighted by atomic mass is 10.0. The summed E-state index contributed by atoms with van der Waals surface area (Å²) in [6, 6.07) is 29.9. The van der Waals surface area contributed by atoms with Crippen LogP contribution in [0.1, 0.15) is 24.0 Å². The number of nitrogens with zero attached hydrogens (tertiary/aromatic N) is 1. The second-order valence-corrected chi connectivity index (χ2v) is 7.48. The van der Waals surface area contributed by atoms with E-state index >= 15 is 0 Å². The van der Waals surface area contributed by atoms with Crippen molar-refractivity contribution in [3.05, 3.63) is 96.1 Å². The fourth-order valence-corrected chi connectivity index (χ4v) is 3.70. The minimum atomic E-state index is 0.545. The van der Waals surface area contributed by atoms with E-state index < -0.39 is 0 Å². The van der Waals surface area contributed by atoms with E-state index in [1.165, 1.54) is 29.7 Å². The van der Waals surface area contributed by atoms with E-state index in [2.05, 4.69) is 76.9 Å². The number of rotatable bonds is 7. The molecule has 28 heavy (non-hydrogen) atoms. The first kappa shape index (κ1) is 18.6. The number of nitrogens with one attached hydrogen (secondary N) is 1. The predicted molar refractivity (Wildman–Crippen MR) is 116 cm³/mol. The largest absolute Gasteiger partial charge is 0.489 e. The SMILES string of the molecule is c1ccc(COc2ccc(NC3CCN(Cc4ccccc4)CC3)cc2)cc1. The molecule has 1 aliphatic heterocycles. The van der Waals surface area contributed by atoms with Gasteiger partial charge in [-0.2, -0.15) is 0 Å². The molecule has 0 aliphatic carbocycles. The lowest BCUT2D eigenvalue weighted by molar-refractivity contribution is 0.211. The predicted octanol–water partition coefficient (Wildman–Crippen LogP) is 5.34. The Bertz CT molecular complexity index is 825. The normalized spacial score (nSPS) is 15.3. The summed E-state index contributed by atoms with van der Waals surface area (Å²) < 4.78 is 5.87. The zero-order valence-corrected chi connectivity index (χ0v) is 16.3. The van der Waals surface area contributed by atoms with Crippen molar-refractivity contribution in [3.63, 3.8) is 0 Å². The van der Waals surface area contributed by atoms with Crippen molar-refractivity contribution < 1.29 is 4.74 Å². The zero-order valence-electron chi connectivity index (χ0n) is 16.3. The Kier molecular flexibility index (Phi) is 6.25. The van der Waals surface area contributed by atoms with Crippen LogP contribution < -0.4 is 10.1 Å². The molecule has 0 amide bonds. The van der Waals surface area contributed by atoms with Crippen LogP contribution in [-0.4, -0.2) is 24.0 Å². The Morgan fingerprint density at radius 2 is 1.36 bits per heavy atom. The van der Waals surface area contributed by atoms with Gasteiger partial charge in [0.1, 0.15) is 12.4 Å². The third-order valence-corrected chi connectivity index (χ3v) is 5.31. The van der Waals surface area contributed by atoms with Crippen molar-refractivity contribution in [1.82, 2.24) is 4.90 Å². The van der Waals surface area contributed by atoms with Crippen LogP contribution in [0.15, 0.2) is 84.9 Å². The van der Waals surface area contributed by atoms with Gasteiger partial charge in [-0.25, -0.2) is 0 Å². The standard InChI is InChI=1S/C25H28N2O/c1-3-7-21(8-4-1)19-27-17-15-24(16-18-27)26-23-11-13-25(14-12-23)28-20-22-9-5-2-6-10-22/h1-14,24,26H,15-20H2. The van der Waals surface area contributed by atoms with E-state index in [0.29, 0.717) is 12.6 Å². The van der Waals surface area contributed by atoms with Gasteiger partial charge in [-0.05, 0) is 48.2 Å². The Hall–Kier alpha value is -2.78. The number of hydrogen-bond acceptors (Lipinski definition) is 3. The highest BCUT2D eigenvalue weighted by Crippen LogP contribution is 2.21. The topological polar surface area (TPSA) is 24.5 Å². The third kappa shape index (κ3) is 5.37. The van der Waals surface area contributed by atoms with Crippen LogP contribution in [-0.2, 0) is 13.2 Å². The summed E-state index contributed by atoms with van der Waals surface area (Å²) >= 11 is 0. The minimum Gasteiger partial charge on any atom is -0.489 e. The maximum Gasteiger partial charge on any atom is 0.119 e. The minimum absolute atomic E-state index is 0.545. The molecule has 3 aromatic rings. The summed E-state index contributed by atoms with van der Waals surface area (Å²) in [6.45, 7) is 3.95. The molecule has 0 spiro atoms.